The van der Waals surface area contributed by atoms with Gasteiger partial charge in [0.15, 0.2) is 0 Å². The molecule has 0 aliphatic heterocycles. The molecule has 0 saturated heterocycles. The smallest absolute Gasteiger partial charge is 0.305 e. The van der Waals surface area contributed by atoms with Crippen molar-refractivity contribution in [2.45, 2.75) is 96.8 Å². The molecule has 0 aromatic carbocycles. The van der Waals surface area contributed by atoms with Crippen LogP contribution in [0.3, 0.4) is 0 Å². The van der Waals surface area contributed by atoms with E-state index in [1.165, 1.54) is 70.6 Å². The summed E-state index contributed by atoms with van der Waals surface area (Å²) in [6.07, 6.45) is 19.1. The Morgan fingerprint density at radius 2 is 0.821 bits per heavy atom. The van der Waals surface area contributed by atoms with Crippen LogP contribution >= 0.6 is 0 Å². The van der Waals surface area contributed by atoms with Crippen LogP contribution in [0.15, 0.2) is 12.7 Å². The van der Waals surface area contributed by atoms with E-state index < -0.39 is 0 Å². The predicted octanol–water partition coefficient (Wildman–Crippen LogP) is 6.30. The average molecular weight is 561 g/mol. The maximum atomic E-state index is 11.8. The van der Waals surface area contributed by atoms with Crippen molar-refractivity contribution in [3.05, 3.63) is 12.7 Å². The molecule has 0 aromatic heterocycles. The van der Waals surface area contributed by atoms with E-state index in [-0.39, 0.29) is 5.97 Å². The van der Waals surface area contributed by atoms with Crippen LogP contribution in [0.25, 0.3) is 0 Å². The van der Waals surface area contributed by atoms with Crippen LogP contribution in [0.1, 0.15) is 96.8 Å². The van der Waals surface area contributed by atoms with Gasteiger partial charge in [-0.3, -0.25) is 4.79 Å². The normalized spacial score (nSPS) is 11.2. The molecule has 0 bridgehead atoms. The maximum Gasteiger partial charge on any atom is 0.305 e. The molecule has 0 saturated carbocycles. The zero-order valence-electron chi connectivity index (χ0n) is 25.1. The summed E-state index contributed by atoms with van der Waals surface area (Å²) < 4.78 is 37.6. The minimum atomic E-state index is -0.125. The fourth-order valence-corrected chi connectivity index (χ4v) is 3.84. The summed E-state index contributed by atoms with van der Waals surface area (Å²) in [6, 6.07) is 0. The summed E-state index contributed by atoms with van der Waals surface area (Å²) in [5, 5.41) is 0. The molecule has 0 aliphatic carbocycles. The number of rotatable bonds is 34. The molecular weight excluding hydrogens is 500 g/mol. The van der Waals surface area contributed by atoms with Crippen LogP contribution in [-0.2, 0) is 38.0 Å². The number of carbonyl (C=O) groups is 1. The molecule has 0 atom stereocenters. The molecule has 0 radical (unpaired) electrons. The van der Waals surface area contributed by atoms with Crippen molar-refractivity contribution in [3.8, 4) is 0 Å². The first kappa shape index (κ1) is 38.0. The summed E-state index contributed by atoms with van der Waals surface area (Å²) in [7, 11) is 0. The van der Waals surface area contributed by atoms with Gasteiger partial charge < -0.3 is 33.2 Å². The highest BCUT2D eigenvalue weighted by molar-refractivity contribution is 5.69. The van der Waals surface area contributed by atoms with Gasteiger partial charge in [0.2, 0.25) is 0 Å². The van der Waals surface area contributed by atoms with E-state index in [0.717, 1.165) is 12.8 Å². The number of esters is 1. The third kappa shape index (κ3) is 34.9. The fourth-order valence-electron chi connectivity index (χ4n) is 3.84. The first-order valence-corrected chi connectivity index (χ1v) is 15.5. The molecule has 0 spiro atoms. The summed E-state index contributed by atoms with van der Waals surface area (Å²) in [5.74, 6) is -0.125. The Balaban J connectivity index is 3.14. The minimum absolute atomic E-state index is 0.125. The lowest BCUT2D eigenvalue weighted by Crippen LogP contribution is -2.15. The molecule has 0 rings (SSSR count). The Labute approximate surface area is 239 Å². The van der Waals surface area contributed by atoms with Crippen LogP contribution in [0.5, 0.6) is 0 Å². The van der Waals surface area contributed by atoms with Gasteiger partial charge in [-0.05, 0) is 6.42 Å². The topological polar surface area (TPSA) is 81.7 Å². The van der Waals surface area contributed by atoms with Crippen LogP contribution in [0, 0.1) is 0 Å². The van der Waals surface area contributed by atoms with Gasteiger partial charge in [-0.25, -0.2) is 0 Å². The second-order valence-electron chi connectivity index (χ2n) is 9.64. The summed E-state index contributed by atoms with van der Waals surface area (Å²) >= 11 is 0. The fraction of sp³-hybridized carbons (Fsp3) is 0.903. The molecule has 0 N–H and O–H groups in total. The van der Waals surface area contributed by atoms with Crippen molar-refractivity contribution in [3.63, 3.8) is 0 Å². The van der Waals surface area contributed by atoms with E-state index in [9.17, 15) is 4.79 Å². The van der Waals surface area contributed by atoms with E-state index in [1.54, 1.807) is 6.08 Å². The van der Waals surface area contributed by atoms with Gasteiger partial charge in [0.25, 0.3) is 0 Å². The monoisotopic (exact) mass is 560 g/mol. The van der Waals surface area contributed by atoms with Gasteiger partial charge in [0, 0.05) is 6.42 Å². The Bertz CT molecular complexity index is 489. The second kappa shape index (κ2) is 35.0. The second-order valence-corrected chi connectivity index (χ2v) is 9.64. The van der Waals surface area contributed by atoms with E-state index in [0.29, 0.717) is 92.3 Å². The lowest BCUT2D eigenvalue weighted by Gasteiger charge is -2.08. The molecule has 0 unspecified atom stereocenters. The van der Waals surface area contributed by atoms with Gasteiger partial charge in [-0.2, -0.15) is 0 Å². The lowest BCUT2D eigenvalue weighted by molar-refractivity contribution is -0.145. The van der Waals surface area contributed by atoms with Crippen LogP contribution in [-0.4, -0.2) is 91.9 Å². The third-order valence-corrected chi connectivity index (χ3v) is 6.07. The highest BCUT2D eigenvalue weighted by atomic mass is 16.6. The van der Waals surface area contributed by atoms with Crippen molar-refractivity contribution in [2.24, 2.45) is 0 Å². The van der Waals surface area contributed by atoms with Crippen LogP contribution in [0.4, 0.5) is 0 Å². The van der Waals surface area contributed by atoms with Crippen molar-refractivity contribution >= 4 is 5.97 Å². The van der Waals surface area contributed by atoms with E-state index >= 15 is 0 Å². The van der Waals surface area contributed by atoms with E-state index in [1.807, 2.05) is 0 Å². The van der Waals surface area contributed by atoms with Crippen LogP contribution < -0.4 is 0 Å². The maximum absolute atomic E-state index is 11.8. The van der Waals surface area contributed by atoms with E-state index in [4.69, 9.17) is 33.2 Å². The minimum Gasteiger partial charge on any atom is -0.463 e. The zero-order chi connectivity index (χ0) is 28.3. The number of hydrogen-bond acceptors (Lipinski definition) is 8. The Morgan fingerprint density at radius 1 is 0.487 bits per heavy atom. The van der Waals surface area contributed by atoms with Gasteiger partial charge >= 0.3 is 5.97 Å². The average Bonchev–Trinajstić information content (AvgIpc) is 2.94. The van der Waals surface area contributed by atoms with Crippen LogP contribution in [0.2, 0.25) is 0 Å². The zero-order valence-corrected chi connectivity index (χ0v) is 25.1. The molecule has 232 valence electrons. The molecule has 39 heavy (non-hydrogen) atoms. The van der Waals surface area contributed by atoms with Crippen molar-refractivity contribution in [1.82, 2.24) is 0 Å². The third-order valence-electron chi connectivity index (χ3n) is 6.07. The van der Waals surface area contributed by atoms with E-state index in [2.05, 4.69) is 13.5 Å². The SMILES string of the molecule is C=CCOCCOCCOCCOCCOCCOCCOC(=O)CCCCCCCCCCCCCCC. The highest BCUT2D eigenvalue weighted by Gasteiger charge is 2.03. The predicted molar refractivity (Wildman–Crippen MR) is 156 cm³/mol. The van der Waals surface area contributed by atoms with Crippen molar-refractivity contribution in [1.29, 1.82) is 0 Å². The molecule has 0 fully saturated rings. The summed E-state index contributed by atoms with van der Waals surface area (Å²) in [4.78, 5) is 11.8. The van der Waals surface area contributed by atoms with Gasteiger partial charge in [-0.1, -0.05) is 90.0 Å². The Kier molecular flexibility index (Phi) is 34.1. The number of ether oxygens (including phenoxy) is 7. The first-order chi connectivity index (χ1) is 19.3. The summed E-state index contributed by atoms with van der Waals surface area (Å²) in [5.41, 5.74) is 0. The molecule has 8 heteroatoms. The largest absolute Gasteiger partial charge is 0.463 e. The quantitative estimate of drug-likeness (QED) is 0.0515. The molecule has 0 amide bonds. The molecule has 8 nitrogen and oxygen atoms in total. The standard InChI is InChI=1S/C31H60O8/c1-3-5-6-7-8-9-10-11-12-13-14-15-16-17-31(32)39-30-29-38-28-27-37-26-25-36-24-23-35-22-21-34-20-19-33-18-4-2/h4H,2-3,5-30H2,1H3. The molecule has 0 heterocycles. The number of unbranched alkanes of at least 4 members (excludes halogenated alkanes) is 12. The molecular formula is C31H60O8. The molecule has 0 aliphatic rings. The number of carbonyl (C=O) groups excluding carboxylic acids is 1. The molecule has 0 aromatic rings. The Morgan fingerprint density at radius 3 is 1.21 bits per heavy atom. The first-order valence-electron chi connectivity index (χ1n) is 15.5. The number of hydrogen-bond donors (Lipinski definition) is 0. The van der Waals surface area contributed by atoms with Crippen molar-refractivity contribution < 1.29 is 38.0 Å². The highest BCUT2D eigenvalue weighted by Crippen LogP contribution is 2.13. The van der Waals surface area contributed by atoms with Gasteiger partial charge in [0.05, 0.1) is 79.3 Å². The van der Waals surface area contributed by atoms with Gasteiger partial charge in [0.1, 0.15) is 6.61 Å². The van der Waals surface area contributed by atoms with Gasteiger partial charge in [-0.15, -0.1) is 6.58 Å². The summed E-state index contributed by atoms with van der Waals surface area (Å²) in [6.45, 7) is 12.3. The van der Waals surface area contributed by atoms with Crippen molar-refractivity contribution in [2.75, 3.05) is 85.9 Å². The Hall–Kier alpha value is -1.03. The lowest BCUT2D eigenvalue weighted by atomic mass is 10.0.